The van der Waals surface area contributed by atoms with Crippen LogP contribution in [-0.4, -0.2) is 29.4 Å². The van der Waals surface area contributed by atoms with Gasteiger partial charge in [0.2, 0.25) is 0 Å². The van der Waals surface area contributed by atoms with Gasteiger partial charge in [0.25, 0.3) is 0 Å². The number of rotatable bonds is 7. The summed E-state index contributed by atoms with van der Waals surface area (Å²) in [6.45, 7) is 8.93. The van der Waals surface area contributed by atoms with Crippen LogP contribution in [0, 0.1) is 0 Å². The fourth-order valence-electron chi connectivity index (χ4n) is 1.66. The van der Waals surface area contributed by atoms with Crippen molar-refractivity contribution in [2.45, 2.75) is 57.0 Å². The Hall–Kier alpha value is -0.510. The molecule has 0 amide bonds. The van der Waals surface area contributed by atoms with Gasteiger partial charge < -0.3 is 0 Å². The lowest BCUT2D eigenvalue weighted by molar-refractivity contribution is 0.0836. The SMILES string of the molecule is CCC(CCSc1ccccc1)NN(C)C(C)(C)C. The number of nitrogens with zero attached hydrogens (tertiary/aromatic N) is 1. The summed E-state index contributed by atoms with van der Waals surface area (Å²) < 4.78 is 0. The van der Waals surface area contributed by atoms with Gasteiger partial charge >= 0.3 is 0 Å². The zero-order chi connectivity index (χ0) is 14.3. The van der Waals surface area contributed by atoms with Crippen LogP contribution in [0.25, 0.3) is 0 Å². The summed E-state index contributed by atoms with van der Waals surface area (Å²) in [6, 6.07) is 11.2. The molecule has 108 valence electrons. The van der Waals surface area contributed by atoms with Crippen molar-refractivity contribution in [1.82, 2.24) is 10.4 Å². The molecule has 0 saturated heterocycles. The molecule has 0 bridgehead atoms. The first-order valence-electron chi connectivity index (χ1n) is 7.11. The van der Waals surface area contributed by atoms with Gasteiger partial charge in [0.05, 0.1) is 0 Å². The van der Waals surface area contributed by atoms with Crippen LogP contribution in [0.4, 0.5) is 0 Å². The van der Waals surface area contributed by atoms with Crippen LogP contribution in [-0.2, 0) is 0 Å². The molecule has 1 rings (SSSR count). The average molecular weight is 280 g/mol. The Balaban J connectivity index is 2.33. The Morgan fingerprint density at radius 3 is 2.37 bits per heavy atom. The van der Waals surface area contributed by atoms with Gasteiger partial charge in [0.1, 0.15) is 0 Å². The van der Waals surface area contributed by atoms with Gasteiger partial charge in [-0.2, -0.15) is 0 Å². The van der Waals surface area contributed by atoms with Gasteiger partial charge in [-0.25, -0.2) is 5.01 Å². The second-order valence-corrected chi connectivity index (χ2v) is 7.08. The second-order valence-electron chi connectivity index (χ2n) is 5.91. The zero-order valence-corrected chi connectivity index (χ0v) is 13.8. The predicted octanol–water partition coefficient (Wildman–Crippen LogP) is 4.18. The standard InChI is InChI=1S/C16H28N2S/c1-6-14(17-18(5)16(2,3)4)12-13-19-15-10-8-7-9-11-15/h7-11,14,17H,6,12-13H2,1-5H3. The molecular weight excluding hydrogens is 252 g/mol. The maximum atomic E-state index is 3.61. The first-order valence-corrected chi connectivity index (χ1v) is 8.10. The van der Waals surface area contributed by atoms with Crippen molar-refractivity contribution >= 4 is 11.8 Å². The Morgan fingerprint density at radius 2 is 1.84 bits per heavy atom. The smallest absolute Gasteiger partial charge is 0.0266 e. The number of nitrogens with one attached hydrogen (secondary N) is 1. The normalized spacial score (nSPS) is 13.8. The van der Waals surface area contributed by atoms with E-state index in [2.05, 4.69) is 75.5 Å². The van der Waals surface area contributed by atoms with Crippen molar-refractivity contribution in [3.05, 3.63) is 30.3 Å². The predicted molar refractivity (Wildman–Crippen MR) is 86.5 cm³/mol. The molecule has 1 N–H and O–H groups in total. The largest absolute Gasteiger partial charge is 0.252 e. The Labute approximate surface area is 122 Å². The maximum Gasteiger partial charge on any atom is 0.0266 e. The molecule has 1 atom stereocenters. The third-order valence-corrected chi connectivity index (χ3v) is 4.40. The van der Waals surface area contributed by atoms with Crippen molar-refractivity contribution < 1.29 is 0 Å². The van der Waals surface area contributed by atoms with E-state index in [1.54, 1.807) is 0 Å². The number of benzene rings is 1. The van der Waals surface area contributed by atoms with E-state index in [1.807, 2.05) is 11.8 Å². The molecule has 0 aromatic heterocycles. The highest BCUT2D eigenvalue weighted by atomic mass is 32.2. The number of hydrogen-bond donors (Lipinski definition) is 1. The van der Waals surface area contributed by atoms with E-state index in [-0.39, 0.29) is 5.54 Å². The average Bonchev–Trinajstić information content (AvgIpc) is 2.37. The van der Waals surface area contributed by atoms with E-state index >= 15 is 0 Å². The molecule has 0 spiro atoms. The highest BCUT2D eigenvalue weighted by Crippen LogP contribution is 2.19. The fraction of sp³-hybridized carbons (Fsp3) is 0.625. The molecule has 1 aromatic carbocycles. The molecule has 0 heterocycles. The Bertz CT molecular complexity index is 346. The van der Waals surface area contributed by atoms with Crippen LogP contribution < -0.4 is 5.43 Å². The number of thioether (sulfide) groups is 1. The highest BCUT2D eigenvalue weighted by molar-refractivity contribution is 7.99. The summed E-state index contributed by atoms with van der Waals surface area (Å²) in [4.78, 5) is 1.36. The fourth-order valence-corrected chi connectivity index (χ4v) is 2.65. The molecule has 0 saturated carbocycles. The van der Waals surface area contributed by atoms with Crippen LogP contribution >= 0.6 is 11.8 Å². The Morgan fingerprint density at radius 1 is 1.21 bits per heavy atom. The second kappa shape index (κ2) is 7.93. The molecule has 0 aliphatic rings. The lowest BCUT2D eigenvalue weighted by atomic mass is 10.1. The first-order chi connectivity index (χ1) is 8.93. The van der Waals surface area contributed by atoms with Crippen molar-refractivity contribution in [3.63, 3.8) is 0 Å². The molecule has 3 heteroatoms. The van der Waals surface area contributed by atoms with Crippen LogP contribution in [0.3, 0.4) is 0 Å². The van der Waals surface area contributed by atoms with Crippen LogP contribution in [0.5, 0.6) is 0 Å². The van der Waals surface area contributed by atoms with Crippen LogP contribution in [0.15, 0.2) is 35.2 Å². The summed E-state index contributed by atoms with van der Waals surface area (Å²) in [5.41, 5.74) is 3.78. The van der Waals surface area contributed by atoms with Gasteiger partial charge in [-0.3, -0.25) is 5.43 Å². The van der Waals surface area contributed by atoms with E-state index in [0.29, 0.717) is 6.04 Å². The molecule has 1 unspecified atom stereocenters. The van der Waals surface area contributed by atoms with Crippen molar-refractivity contribution in [2.24, 2.45) is 0 Å². The lowest BCUT2D eigenvalue weighted by Gasteiger charge is -2.35. The minimum Gasteiger partial charge on any atom is -0.252 e. The molecule has 0 aliphatic heterocycles. The van der Waals surface area contributed by atoms with Crippen molar-refractivity contribution in [2.75, 3.05) is 12.8 Å². The van der Waals surface area contributed by atoms with Crippen LogP contribution in [0.2, 0.25) is 0 Å². The van der Waals surface area contributed by atoms with E-state index < -0.39 is 0 Å². The summed E-state index contributed by atoms with van der Waals surface area (Å²) in [5.74, 6) is 1.16. The van der Waals surface area contributed by atoms with Crippen LogP contribution in [0.1, 0.15) is 40.5 Å². The minimum atomic E-state index is 0.167. The quantitative estimate of drug-likeness (QED) is 0.596. The van der Waals surface area contributed by atoms with Gasteiger partial charge in [0, 0.05) is 23.5 Å². The molecule has 19 heavy (non-hydrogen) atoms. The van der Waals surface area contributed by atoms with E-state index in [4.69, 9.17) is 0 Å². The van der Waals surface area contributed by atoms with Gasteiger partial charge in [-0.15, -0.1) is 11.8 Å². The topological polar surface area (TPSA) is 15.3 Å². The van der Waals surface area contributed by atoms with Crippen molar-refractivity contribution in [1.29, 1.82) is 0 Å². The molecule has 1 aromatic rings. The van der Waals surface area contributed by atoms with E-state index in [9.17, 15) is 0 Å². The van der Waals surface area contributed by atoms with E-state index in [1.165, 1.54) is 11.3 Å². The summed E-state index contributed by atoms with van der Waals surface area (Å²) >= 11 is 1.94. The summed E-state index contributed by atoms with van der Waals surface area (Å²) in [6.07, 6.45) is 2.35. The summed E-state index contributed by atoms with van der Waals surface area (Å²) in [7, 11) is 2.13. The third-order valence-electron chi connectivity index (χ3n) is 3.35. The first kappa shape index (κ1) is 16.5. The zero-order valence-electron chi connectivity index (χ0n) is 12.9. The minimum absolute atomic E-state index is 0.167. The van der Waals surface area contributed by atoms with Gasteiger partial charge in [-0.1, -0.05) is 25.1 Å². The number of hydrazine groups is 1. The highest BCUT2D eigenvalue weighted by Gasteiger charge is 2.19. The molecule has 0 aliphatic carbocycles. The van der Waals surface area contributed by atoms with E-state index in [0.717, 1.165) is 12.2 Å². The monoisotopic (exact) mass is 280 g/mol. The van der Waals surface area contributed by atoms with Gasteiger partial charge in [0.15, 0.2) is 0 Å². The maximum absolute atomic E-state index is 3.61. The Kier molecular flexibility index (Phi) is 6.90. The van der Waals surface area contributed by atoms with Crippen molar-refractivity contribution in [3.8, 4) is 0 Å². The molecule has 0 fully saturated rings. The molecule has 0 radical (unpaired) electrons. The summed E-state index contributed by atoms with van der Waals surface area (Å²) in [5, 5.41) is 2.23. The number of hydrogen-bond acceptors (Lipinski definition) is 3. The molecule has 2 nitrogen and oxygen atoms in total. The third kappa shape index (κ3) is 6.46. The lowest BCUT2D eigenvalue weighted by Crippen LogP contribution is -2.51. The molecular formula is C16H28N2S. The van der Waals surface area contributed by atoms with Gasteiger partial charge in [-0.05, 0) is 51.5 Å².